The second-order valence-electron chi connectivity index (χ2n) is 5.13. The van der Waals surface area contributed by atoms with Crippen molar-refractivity contribution in [3.8, 4) is 11.5 Å². The number of methoxy groups -OCH3 is 1. The van der Waals surface area contributed by atoms with Crippen molar-refractivity contribution in [2.24, 2.45) is 5.73 Å². The van der Waals surface area contributed by atoms with Crippen LogP contribution in [0.1, 0.15) is 5.56 Å². The number of piperazine rings is 1. The molecule has 0 aliphatic carbocycles. The van der Waals surface area contributed by atoms with E-state index in [1.54, 1.807) is 19.2 Å². The number of phenolic OH excluding ortho intramolecular Hbond substituents is 1. The maximum absolute atomic E-state index is 9.81. The maximum Gasteiger partial charge on any atom is 0.160 e. The third-order valence-electron chi connectivity index (χ3n) is 3.71. The first-order valence-electron chi connectivity index (χ1n) is 6.62. The van der Waals surface area contributed by atoms with Gasteiger partial charge in [-0.15, -0.1) is 0 Å². The molecule has 0 aromatic heterocycles. The quantitative estimate of drug-likeness (QED) is 0.829. The van der Waals surface area contributed by atoms with Gasteiger partial charge in [0.05, 0.1) is 7.11 Å². The monoisotopic (exact) mass is 265 g/mol. The fourth-order valence-electron chi connectivity index (χ4n) is 2.55. The maximum atomic E-state index is 9.81. The van der Waals surface area contributed by atoms with Crippen LogP contribution in [0.15, 0.2) is 18.2 Å². The van der Waals surface area contributed by atoms with Crippen molar-refractivity contribution in [1.82, 2.24) is 9.80 Å². The molecule has 0 amide bonds. The van der Waals surface area contributed by atoms with E-state index in [0.29, 0.717) is 18.3 Å². The predicted molar refractivity (Wildman–Crippen MR) is 75.4 cm³/mol. The van der Waals surface area contributed by atoms with E-state index in [1.807, 2.05) is 6.07 Å². The van der Waals surface area contributed by atoms with E-state index in [4.69, 9.17) is 10.5 Å². The fourth-order valence-corrected chi connectivity index (χ4v) is 2.55. The average molecular weight is 265 g/mol. The van der Waals surface area contributed by atoms with Crippen molar-refractivity contribution in [2.45, 2.75) is 12.6 Å². The zero-order chi connectivity index (χ0) is 13.8. The van der Waals surface area contributed by atoms with Gasteiger partial charge in [0.2, 0.25) is 0 Å². The number of ether oxygens (including phenoxy) is 1. The van der Waals surface area contributed by atoms with Gasteiger partial charge in [0.15, 0.2) is 11.5 Å². The summed E-state index contributed by atoms with van der Waals surface area (Å²) < 4.78 is 5.06. The number of benzene rings is 1. The van der Waals surface area contributed by atoms with Gasteiger partial charge in [-0.3, -0.25) is 4.90 Å². The number of likely N-dealkylation sites (N-methyl/N-ethyl adjacent to an activating group) is 1. The molecule has 1 aromatic carbocycles. The average Bonchev–Trinajstić information content (AvgIpc) is 2.41. The summed E-state index contributed by atoms with van der Waals surface area (Å²) in [6, 6.07) is 5.94. The molecule has 0 bridgehead atoms. The van der Waals surface area contributed by atoms with Gasteiger partial charge in [-0.2, -0.15) is 0 Å². The Morgan fingerprint density at radius 3 is 2.84 bits per heavy atom. The molecule has 1 heterocycles. The van der Waals surface area contributed by atoms with Gasteiger partial charge in [0.1, 0.15) is 0 Å². The van der Waals surface area contributed by atoms with Gasteiger partial charge >= 0.3 is 0 Å². The Kier molecular flexibility index (Phi) is 4.63. The summed E-state index contributed by atoms with van der Waals surface area (Å²) in [4.78, 5) is 4.68. The summed E-state index contributed by atoms with van der Waals surface area (Å²) >= 11 is 0. The number of hydrogen-bond acceptors (Lipinski definition) is 5. The predicted octanol–water partition coefficient (Wildman–Crippen LogP) is 0.476. The van der Waals surface area contributed by atoms with E-state index in [9.17, 15) is 5.11 Å². The molecule has 106 valence electrons. The van der Waals surface area contributed by atoms with Crippen molar-refractivity contribution >= 4 is 0 Å². The summed E-state index contributed by atoms with van der Waals surface area (Å²) in [5.74, 6) is 0.705. The van der Waals surface area contributed by atoms with Crippen LogP contribution in [0.5, 0.6) is 11.5 Å². The zero-order valence-electron chi connectivity index (χ0n) is 11.7. The van der Waals surface area contributed by atoms with Gasteiger partial charge in [-0.1, -0.05) is 6.07 Å². The number of hydrogen-bond donors (Lipinski definition) is 2. The van der Waals surface area contributed by atoms with Crippen LogP contribution in [-0.2, 0) is 6.54 Å². The molecule has 1 aliphatic heterocycles. The van der Waals surface area contributed by atoms with Crippen LogP contribution < -0.4 is 10.5 Å². The number of aromatic hydroxyl groups is 1. The molecular formula is C14H23N3O2. The molecule has 1 atom stereocenters. The fraction of sp³-hybridized carbons (Fsp3) is 0.571. The summed E-state index contributed by atoms with van der Waals surface area (Å²) in [6.45, 7) is 4.53. The molecule has 1 saturated heterocycles. The highest BCUT2D eigenvalue weighted by Crippen LogP contribution is 2.27. The van der Waals surface area contributed by atoms with E-state index in [1.165, 1.54) is 0 Å². The van der Waals surface area contributed by atoms with E-state index < -0.39 is 0 Å². The molecule has 0 radical (unpaired) electrons. The Labute approximate surface area is 114 Å². The molecular weight excluding hydrogens is 242 g/mol. The molecule has 1 unspecified atom stereocenters. The molecule has 19 heavy (non-hydrogen) atoms. The van der Waals surface area contributed by atoms with Crippen molar-refractivity contribution in [1.29, 1.82) is 0 Å². The minimum atomic E-state index is 0.193. The van der Waals surface area contributed by atoms with Gasteiger partial charge in [0.25, 0.3) is 0 Å². The van der Waals surface area contributed by atoms with E-state index in [-0.39, 0.29) is 5.75 Å². The largest absolute Gasteiger partial charge is 0.504 e. The summed E-state index contributed by atoms with van der Waals surface area (Å²) in [5.41, 5.74) is 6.93. The topological polar surface area (TPSA) is 62.0 Å². The molecule has 2 rings (SSSR count). The smallest absolute Gasteiger partial charge is 0.160 e. The van der Waals surface area contributed by atoms with Crippen LogP contribution in [-0.4, -0.2) is 61.3 Å². The Balaban J connectivity index is 2.05. The highest BCUT2D eigenvalue weighted by molar-refractivity contribution is 5.41. The second kappa shape index (κ2) is 6.23. The van der Waals surface area contributed by atoms with Crippen LogP contribution in [0.4, 0.5) is 0 Å². The first-order chi connectivity index (χ1) is 9.13. The van der Waals surface area contributed by atoms with Gasteiger partial charge in [0, 0.05) is 38.8 Å². The summed E-state index contributed by atoms with van der Waals surface area (Å²) in [5, 5.41) is 9.81. The first kappa shape index (κ1) is 14.1. The molecule has 3 N–H and O–H groups in total. The van der Waals surface area contributed by atoms with E-state index in [2.05, 4.69) is 16.8 Å². The van der Waals surface area contributed by atoms with Crippen molar-refractivity contribution in [3.05, 3.63) is 23.8 Å². The number of rotatable bonds is 4. The first-order valence-corrected chi connectivity index (χ1v) is 6.62. The summed E-state index contributed by atoms with van der Waals surface area (Å²) in [7, 11) is 3.68. The second-order valence-corrected chi connectivity index (χ2v) is 5.13. The number of phenols is 1. The zero-order valence-corrected chi connectivity index (χ0v) is 11.7. The Bertz CT molecular complexity index is 425. The van der Waals surface area contributed by atoms with Crippen LogP contribution in [0.25, 0.3) is 0 Å². The Hall–Kier alpha value is -1.30. The molecule has 0 saturated carbocycles. The molecule has 1 aromatic rings. The molecule has 0 spiro atoms. The molecule has 5 nitrogen and oxygen atoms in total. The summed E-state index contributed by atoms with van der Waals surface area (Å²) in [6.07, 6.45) is 0. The number of nitrogens with two attached hydrogens (primary N) is 1. The molecule has 1 aliphatic rings. The molecule has 5 heteroatoms. The lowest BCUT2D eigenvalue weighted by Gasteiger charge is -2.39. The van der Waals surface area contributed by atoms with Crippen molar-refractivity contribution in [2.75, 3.05) is 40.3 Å². The Morgan fingerprint density at radius 1 is 1.42 bits per heavy atom. The molecule has 1 fully saturated rings. The normalized spacial score (nSPS) is 21.5. The minimum absolute atomic E-state index is 0.193. The number of nitrogens with zero attached hydrogens (tertiary/aromatic N) is 2. The van der Waals surface area contributed by atoms with Crippen LogP contribution >= 0.6 is 0 Å². The minimum Gasteiger partial charge on any atom is -0.504 e. The Morgan fingerprint density at radius 2 is 2.21 bits per heavy atom. The van der Waals surface area contributed by atoms with Gasteiger partial charge in [-0.25, -0.2) is 0 Å². The lowest BCUT2D eigenvalue weighted by molar-refractivity contribution is 0.0880. The highest BCUT2D eigenvalue weighted by atomic mass is 16.5. The van der Waals surface area contributed by atoms with Gasteiger partial charge < -0.3 is 20.5 Å². The standard InChI is InChI=1S/C14H23N3O2/c1-16-5-6-17(12(8-15)10-16)9-11-3-4-14(19-2)13(18)7-11/h3-4,7,12,18H,5-6,8-10,15H2,1-2H3. The lowest BCUT2D eigenvalue weighted by atomic mass is 10.1. The van der Waals surface area contributed by atoms with Crippen LogP contribution in [0.2, 0.25) is 0 Å². The van der Waals surface area contributed by atoms with Crippen LogP contribution in [0, 0.1) is 0 Å². The lowest BCUT2D eigenvalue weighted by Crippen LogP contribution is -2.54. The third-order valence-corrected chi connectivity index (χ3v) is 3.71. The van der Waals surface area contributed by atoms with E-state index in [0.717, 1.165) is 31.7 Å². The SMILES string of the molecule is COc1ccc(CN2CCN(C)CC2CN)cc1O. The third kappa shape index (κ3) is 3.37. The van der Waals surface area contributed by atoms with Crippen molar-refractivity contribution < 1.29 is 9.84 Å². The van der Waals surface area contributed by atoms with E-state index >= 15 is 0 Å². The highest BCUT2D eigenvalue weighted by Gasteiger charge is 2.24. The van der Waals surface area contributed by atoms with Crippen molar-refractivity contribution in [3.63, 3.8) is 0 Å². The van der Waals surface area contributed by atoms with Gasteiger partial charge in [-0.05, 0) is 24.7 Å². The van der Waals surface area contributed by atoms with Crippen LogP contribution in [0.3, 0.4) is 0 Å².